The van der Waals surface area contributed by atoms with E-state index < -0.39 is 0 Å². The number of carbonyl (C=O) groups excluding carboxylic acids is 1. The first kappa shape index (κ1) is 15.0. The molecule has 0 aromatic heterocycles. The predicted molar refractivity (Wildman–Crippen MR) is 81.7 cm³/mol. The van der Waals surface area contributed by atoms with E-state index >= 15 is 0 Å². The molecule has 0 aliphatic carbocycles. The Hall–Kier alpha value is -1.39. The SMILES string of the molecule is Cc1cc(C)cc(CN(C)CC(=O)N2CCNCC2)c1. The molecule has 1 aromatic rings. The molecule has 1 saturated heterocycles. The number of hydrogen-bond donors (Lipinski definition) is 1. The highest BCUT2D eigenvalue weighted by molar-refractivity contribution is 5.78. The van der Waals surface area contributed by atoms with Crippen molar-refractivity contribution in [1.82, 2.24) is 15.1 Å². The van der Waals surface area contributed by atoms with Gasteiger partial charge in [0.2, 0.25) is 5.91 Å². The summed E-state index contributed by atoms with van der Waals surface area (Å²) >= 11 is 0. The van der Waals surface area contributed by atoms with E-state index in [0.29, 0.717) is 6.54 Å². The van der Waals surface area contributed by atoms with Gasteiger partial charge >= 0.3 is 0 Å². The fourth-order valence-corrected chi connectivity index (χ4v) is 2.77. The molecule has 2 rings (SSSR count). The Morgan fingerprint density at radius 1 is 1.20 bits per heavy atom. The van der Waals surface area contributed by atoms with Crippen LogP contribution in [0.1, 0.15) is 16.7 Å². The topological polar surface area (TPSA) is 35.6 Å². The first-order valence-electron chi connectivity index (χ1n) is 7.29. The number of rotatable bonds is 4. The Kier molecular flexibility index (Phi) is 5.15. The fraction of sp³-hybridized carbons (Fsp3) is 0.562. The summed E-state index contributed by atoms with van der Waals surface area (Å²) in [4.78, 5) is 16.2. The van der Waals surface area contributed by atoms with Crippen LogP contribution in [0.15, 0.2) is 18.2 Å². The van der Waals surface area contributed by atoms with Crippen molar-refractivity contribution in [3.63, 3.8) is 0 Å². The third kappa shape index (κ3) is 4.32. The number of amides is 1. The lowest BCUT2D eigenvalue weighted by Crippen LogP contribution is -2.49. The fourth-order valence-electron chi connectivity index (χ4n) is 2.77. The highest BCUT2D eigenvalue weighted by Crippen LogP contribution is 2.11. The quantitative estimate of drug-likeness (QED) is 0.896. The van der Waals surface area contributed by atoms with Crippen molar-refractivity contribution in [3.8, 4) is 0 Å². The molecule has 1 amide bonds. The number of likely N-dealkylation sites (N-methyl/N-ethyl adjacent to an activating group) is 1. The molecule has 0 spiro atoms. The molecule has 0 saturated carbocycles. The lowest BCUT2D eigenvalue weighted by atomic mass is 10.1. The van der Waals surface area contributed by atoms with Crippen LogP contribution in [0, 0.1) is 13.8 Å². The van der Waals surface area contributed by atoms with Gasteiger partial charge in [0, 0.05) is 32.7 Å². The molecule has 0 bridgehead atoms. The van der Waals surface area contributed by atoms with Crippen LogP contribution in [-0.4, -0.2) is 55.5 Å². The molecule has 0 atom stereocenters. The van der Waals surface area contributed by atoms with E-state index in [-0.39, 0.29) is 5.91 Å². The number of nitrogens with zero attached hydrogens (tertiary/aromatic N) is 2. The standard InChI is InChI=1S/C16H25N3O/c1-13-8-14(2)10-15(9-13)11-18(3)12-16(20)19-6-4-17-5-7-19/h8-10,17H,4-7,11-12H2,1-3H3. The third-order valence-corrected chi connectivity index (χ3v) is 3.61. The molecule has 1 fully saturated rings. The van der Waals surface area contributed by atoms with Crippen molar-refractivity contribution in [2.45, 2.75) is 20.4 Å². The summed E-state index contributed by atoms with van der Waals surface area (Å²) in [5, 5.41) is 3.27. The van der Waals surface area contributed by atoms with Crippen molar-refractivity contribution in [3.05, 3.63) is 34.9 Å². The van der Waals surface area contributed by atoms with Crippen LogP contribution < -0.4 is 5.32 Å². The van der Waals surface area contributed by atoms with Gasteiger partial charge in [0.1, 0.15) is 0 Å². The number of aryl methyl sites for hydroxylation is 2. The van der Waals surface area contributed by atoms with E-state index in [0.717, 1.165) is 32.7 Å². The van der Waals surface area contributed by atoms with Crippen molar-refractivity contribution in [1.29, 1.82) is 0 Å². The van der Waals surface area contributed by atoms with Crippen molar-refractivity contribution in [2.24, 2.45) is 0 Å². The van der Waals surface area contributed by atoms with E-state index in [1.807, 2.05) is 11.9 Å². The zero-order valence-corrected chi connectivity index (χ0v) is 12.8. The third-order valence-electron chi connectivity index (χ3n) is 3.61. The zero-order valence-electron chi connectivity index (χ0n) is 12.8. The number of hydrogen-bond acceptors (Lipinski definition) is 3. The van der Waals surface area contributed by atoms with Gasteiger partial charge in [-0.05, 0) is 26.5 Å². The smallest absolute Gasteiger partial charge is 0.236 e. The molecule has 0 radical (unpaired) electrons. The summed E-state index contributed by atoms with van der Waals surface area (Å²) in [5.41, 5.74) is 3.83. The highest BCUT2D eigenvalue weighted by atomic mass is 16.2. The van der Waals surface area contributed by atoms with Crippen molar-refractivity contribution >= 4 is 5.91 Å². The van der Waals surface area contributed by atoms with Gasteiger partial charge in [-0.1, -0.05) is 29.3 Å². The van der Waals surface area contributed by atoms with Crippen molar-refractivity contribution in [2.75, 3.05) is 39.8 Å². The molecule has 20 heavy (non-hydrogen) atoms. The van der Waals surface area contributed by atoms with Gasteiger partial charge < -0.3 is 10.2 Å². The molecule has 1 heterocycles. The Morgan fingerprint density at radius 3 is 2.40 bits per heavy atom. The Balaban J connectivity index is 1.88. The maximum absolute atomic E-state index is 12.2. The van der Waals surface area contributed by atoms with Crippen LogP contribution in [0.2, 0.25) is 0 Å². The maximum Gasteiger partial charge on any atom is 0.236 e. The minimum atomic E-state index is 0.235. The van der Waals surface area contributed by atoms with Crippen LogP contribution >= 0.6 is 0 Å². The van der Waals surface area contributed by atoms with Crippen LogP contribution in [0.4, 0.5) is 0 Å². The molecular formula is C16H25N3O. The second-order valence-electron chi connectivity index (χ2n) is 5.80. The number of carbonyl (C=O) groups is 1. The number of piperazine rings is 1. The lowest BCUT2D eigenvalue weighted by Gasteiger charge is -2.29. The summed E-state index contributed by atoms with van der Waals surface area (Å²) in [6.45, 7) is 9.02. The van der Waals surface area contributed by atoms with E-state index in [1.165, 1.54) is 16.7 Å². The van der Waals surface area contributed by atoms with Gasteiger partial charge in [0.25, 0.3) is 0 Å². The highest BCUT2D eigenvalue weighted by Gasteiger charge is 2.17. The van der Waals surface area contributed by atoms with Gasteiger partial charge in [-0.15, -0.1) is 0 Å². The molecule has 1 aromatic carbocycles. The summed E-state index contributed by atoms with van der Waals surface area (Å²) in [6, 6.07) is 6.56. The van der Waals surface area contributed by atoms with E-state index in [1.54, 1.807) is 0 Å². The summed E-state index contributed by atoms with van der Waals surface area (Å²) in [6.07, 6.45) is 0. The molecule has 110 valence electrons. The van der Waals surface area contributed by atoms with Crippen LogP contribution in [0.3, 0.4) is 0 Å². The Bertz CT molecular complexity index is 447. The van der Waals surface area contributed by atoms with Crippen LogP contribution in [-0.2, 0) is 11.3 Å². The second-order valence-corrected chi connectivity index (χ2v) is 5.80. The average molecular weight is 275 g/mol. The summed E-state index contributed by atoms with van der Waals surface area (Å²) in [5.74, 6) is 0.235. The maximum atomic E-state index is 12.2. The van der Waals surface area contributed by atoms with Crippen molar-refractivity contribution < 1.29 is 4.79 Å². The normalized spacial score (nSPS) is 15.7. The summed E-state index contributed by atoms with van der Waals surface area (Å²) < 4.78 is 0. The van der Waals surface area contributed by atoms with Gasteiger partial charge in [-0.2, -0.15) is 0 Å². The monoisotopic (exact) mass is 275 g/mol. The van der Waals surface area contributed by atoms with Gasteiger partial charge in [0.15, 0.2) is 0 Å². The largest absolute Gasteiger partial charge is 0.339 e. The number of benzene rings is 1. The van der Waals surface area contributed by atoms with E-state index in [2.05, 4.69) is 42.3 Å². The van der Waals surface area contributed by atoms with Crippen LogP contribution in [0.5, 0.6) is 0 Å². The minimum absolute atomic E-state index is 0.235. The zero-order chi connectivity index (χ0) is 14.5. The molecule has 1 aliphatic heterocycles. The molecule has 0 unspecified atom stereocenters. The minimum Gasteiger partial charge on any atom is -0.339 e. The average Bonchev–Trinajstić information content (AvgIpc) is 2.38. The molecule has 1 N–H and O–H groups in total. The van der Waals surface area contributed by atoms with Gasteiger partial charge in [-0.3, -0.25) is 9.69 Å². The molecule has 4 heteroatoms. The molecule has 1 aliphatic rings. The summed E-state index contributed by atoms with van der Waals surface area (Å²) in [7, 11) is 2.01. The van der Waals surface area contributed by atoms with E-state index in [9.17, 15) is 4.79 Å². The first-order valence-corrected chi connectivity index (χ1v) is 7.29. The predicted octanol–water partition coefficient (Wildman–Crippen LogP) is 1.17. The molecular weight excluding hydrogens is 250 g/mol. The second kappa shape index (κ2) is 6.86. The van der Waals surface area contributed by atoms with E-state index in [4.69, 9.17) is 0 Å². The van der Waals surface area contributed by atoms with Gasteiger partial charge in [0.05, 0.1) is 6.54 Å². The Labute approximate surface area is 121 Å². The lowest BCUT2D eigenvalue weighted by molar-refractivity contribution is -0.132. The number of nitrogens with one attached hydrogen (secondary N) is 1. The Morgan fingerprint density at radius 2 is 1.80 bits per heavy atom. The molecule has 4 nitrogen and oxygen atoms in total. The van der Waals surface area contributed by atoms with Gasteiger partial charge in [-0.25, -0.2) is 0 Å². The first-order chi connectivity index (χ1) is 9.54. The van der Waals surface area contributed by atoms with Crippen LogP contribution in [0.25, 0.3) is 0 Å².